The zero-order valence-electron chi connectivity index (χ0n) is 11.8. The van der Waals surface area contributed by atoms with Gasteiger partial charge in [-0.05, 0) is 25.0 Å². The molecule has 1 heterocycles. The van der Waals surface area contributed by atoms with Gasteiger partial charge in [-0.1, -0.05) is 18.2 Å². The molecule has 2 rings (SSSR count). The fraction of sp³-hybridized carbons (Fsp3) is 0.467. The van der Waals surface area contributed by atoms with E-state index in [1.807, 2.05) is 24.3 Å². The largest absolute Gasteiger partial charge is 0.492 e. The van der Waals surface area contributed by atoms with E-state index in [4.69, 9.17) is 9.84 Å². The van der Waals surface area contributed by atoms with Crippen molar-refractivity contribution in [2.45, 2.75) is 25.4 Å². The highest BCUT2D eigenvalue weighted by atomic mass is 16.5. The van der Waals surface area contributed by atoms with Gasteiger partial charge in [0.05, 0.1) is 17.9 Å². The second-order valence-electron chi connectivity index (χ2n) is 5.61. The molecule has 114 valence electrons. The summed E-state index contributed by atoms with van der Waals surface area (Å²) in [7, 11) is 0. The van der Waals surface area contributed by atoms with Crippen LogP contribution in [0, 0.1) is 5.92 Å². The third-order valence-electron chi connectivity index (χ3n) is 3.43. The number of nitrogens with one attached hydrogen (secondary N) is 1. The average molecular weight is 293 g/mol. The number of rotatable bonds is 5. The number of carbonyl (C=O) groups is 2. The molecule has 1 aliphatic heterocycles. The number of benzene rings is 1. The number of carboxylic acid groups (broad SMARTS) is 1. The minimum absolute atomic E-state index is 0.101. The molecule has 2 atom stereocenters. The normalized spacial score (nSPS) is 19.8. The molecular formula is C15H19NO5. The van der Waals surface area contributed by atoms with Gasteiger partial charge in [-0.3, -0.25) is 9.59 Å². The molecule has 6 heteroatoms. The summed E-state index contributed by atoms with van der Waals surface area (Å²) in [4.78, 5) is 22.7. The molecule has 0 aliphatic carbocycles. The summed E-state index contributed by atoms with van der Waals surface area (Å²) in [5.74, 6) is -0.890. The Balaban J connectivity index is 1.89. The van der Waals surface area contributed by atoms with Crippen LogP contribution in [0.1, 0.15) is 18.9 Å². The van der Waals surface area contributed by atoms with Crippen molar-refractivity contribution in [1.82, 2.24) is 5.32 Å². The van der Waals surface area contributed by atoms with Crippen molar-refractivity contribution in [3.63, 3.8) is 0 Å². The first-order chi connectivity index (χ1) is 9.87. The van der Waals surface area contributed by atoms with E-state index in [-0.39, 0.29) is 25.0 Å². The molecule has 2 unspecified atom stereocenters. The van der Waals surface area contributed by atoms with E-state index >= 15 is 0 Å². The fourth-order valence-electron chi connectivity index (χ4n) is 2.31. The molecule has 0 aromatic heterocycles. The van der Waals surface area contributed by atoms with Gasteiger partial charge in [0, 0.05) is 6.54 Å². The molecule has 1 aromatic rings. The van der Waals surface area contributed by atoms with Gasteiger partial charge < -0.3 is 20.3 Å². The number of amides is 1. The van der Waals surface area contributed by atoms with E-state index in [0.29, 0.717) is 6.42 Å². The Morgan fingerprint density at radius 3 is 2.86 bits per heavy atom. The van der Waals surface area contributed by atoms with E-state index < -0.39 is 18.0 Å². The Bertz CT molecular complexity index is 541. The Hall–Kier alpha value is -2.08. The molecule has 6 nitrogen and oxygen atoms in total. The third-order valence-corrected chi connectivity index (χ3v) is 3.43. The van der Waals surface area contributed by atoms with E-state index in [1.54, 1.807) is 0 Å². The molecule has 21 heavy (non-hydrogen) atoms. The summed E-state index contributed by atoms with van der Waals surface area (Å²) in [5, 5.41) is 21.1. The molecular weight excluding hydrogens is 274 g/mol. The summed E-state index contributed by atoms with van der Waals surface area (Å²) in [6.07, 6.45) is 0.153. The van der Waals surface area contributed by atoms with Gasteiger partial charge in [0.15, 0.2) is 0 Å². The standard InChI is InChI=1S/C15H19NO5/c1-15(20,7-13(17)18)9-16-14(19)11-6-10-4-2-3-5-12(10)21-8-11/h2-5,11,20H,6-9H2,1H3,(H,16,19)(H,17,18). The highest BCUT2D eigenvalue weighted by Crippen LogP contribution is 2.26. The SMILES string of the molecule is CC(O)(CNC(=O)C1COc2ccccc2C1)CC(=O)O. The van der Waals surface area contributed by atoms with Gasteiger partial charge in [-0.15, -0.1) is 0 Å². The van der Waals surface area contributed by atoms with Crippen molar-refractivity contribution in [1.29, 1.82) is 0 Å². The van der Waals surface area contributed by atoms with Crippen LogP contribution < -0.4 is 10.1 Å². The summed E-state index contributed by atoms with van der Waals surface area (Å²) in [6.45, 7) is 1.56. The highest BCUT2D eigenvalue weighted by molar-refractivity contribution is 5.79. The van der Waals surface area contributed by atoms with Gasteiger partial charge in [0.1, 0.15) is 12.4 Å². The smallest absolute Gasteiger partial charge is 0.306 e. The molecule has 0 fully saturated rings. The van der Waals surface area contributed by atoms with E-state index in [1.165, 1.54) is 6.92 Å². The van der Waals surface area contributed by atoms with Crippen molar-refractivity contribution in [2.75, 3.05) is 13.2 Å². The van der Waals surface area contributed by atoms with Gasteiger partial charge in [0.2, 0.25) is 5.91 Å². The number of carboxylic acids is 1. The van der Waals surface area contributed by atoms with Crippen LogP contribution in [-0.4, -0.2) is 40.8 Å². The van der Waals surface area contributed by atoms with Crippen LogP contribution in [0.2, 0.25) is 0 Å². The quantitative estimate of drug-likeness (QED) is 0.738. The molecule has 0 bridgehead atoms. The summed E-state index contributed by atoms with van der Waals surface area (Å²) >= 11 is 0. The predicted molar refractivity (Wildman–Crippen MR) is 75.0 cm³/mol. The van der Waals surface area contributed by atoms with Crippen LogP contribution in [0.15, 0.2) is 24.3 Å². The predicted octanol–water partition coefficient (Wildman–Crippen LogP) is 0.580. The first kappa shape index (κ1) is 15.3. The number of carbonyl (C=O) groups excluding carboxylic acids is 1. The van der Waals surface area contributed by atoms with Crippen LogP contribution in [0.25, 0.3) is 0 Å². The van der Waals surface area contributed by atoms with Crippen molar-refractivity contribution in [3.05, 3.63) is 29.8 Å². The van der Waals surface area contributed by atoms with Gasteiger partial charge >= 0.3 is 5.97 Å². The summed E-state index contributed by atoms with van der Waals surface area (Å²) in [6, 6.07) is 7.54. The van der Waals surface area contributed by atoms with Crippen LogP contribution in [-0.2, 0) is 16.0 Å². The van der Waals surface area contributed by atoms with E-state index in [0.717, 1.165) is 11.3 Å². The molecule has 1 amide bonds. The minimum Gasteiger partial charge on any atom is -0.492 e. The molecule has 1 aliphatic rings. The number of hydrogen-bond acceptors (Lipinski definition) is 4. The maximum Gasteiger partial charge on any atom is 0.306 e. The Kier molecular flexibility index (Phi) is 4.47. The number of aliphatic carboxylic acids is 1. The molecule has 0 radical (unpaired) electrons. The second kappa shape index (κ2) is 6.13. The number of ether oxygens (including phenoxy) is 1. The maximum absolute atomic E-state index is 12.1. The zero-order valence-corrected chi connectivity index (χ0v) is 11.8. The van der Waals surface area contributed by atoms with Crippen LogP contribution >= 0.6 is 0 Å². The molecule has 0 saturated carbocycles. The second-order valence-corrected chi connectivity index (χ2v) is 5.61. The number of fused-ring (bicyclic) bond motifs is 1. The average Bonchev–Trinajstić information content (AvgIpc) is 2.43. The monoisotopic (exact) mass is 293 g/mol. The number of aliphatic hydroxyl groups is 1. The third kappa shape index (κ3) is 4.19. The van der Waals surface area contributed by atoms with Crippen molar-refractivity contribution in [3.8, 4) is 5.75 Å². The summed E-state index contributed by atoms with van der Waals surface area (Å²) in [5.41, 5.74) is -0.490. The Morgan fingerprint density at radius 2 is 2.14 bits per heavy atom. The van der Waals surface area contributed by atoms with E-state index in [9.17, 15) is 14.7 Å². The zero-order chi connectivity index (χ0) is 15.5. The van der Waals surface area contributed by atoms with Gasteiger partial charge in [-0.25, -0.2) is 0 Å². The van der Waals surface area contributed by atoms with Gasteiger partial charge in [0.25, 0.3) is 0 Å². The number of para-hydroxylation sites is 1. The lowest BCUT2D eigenvalue weighted by Crippen LogP contribution is -2.45. The lowest BCUT2D eigenvalue weighted by Gasteiger charge is -2.27. The Morgan fingerprint density at radius 1 is 1.43 bits per heavy atom. The van der Waals surface area contributed by atoms with Crippen molar-refractivity contribution >= 4 is 11.9 Å². The fourth-order valence-corrected chi connectivity index (χ4v) is 2.31. The van der Waals surface area contributed by atoms with Crippen LogP contribution in [0.5, 0.6) is 5.75 Å². The molecule has 0 saturated heterocycles. The summed E-state index contributed by atoms with van der Waals surface area (Å²) < 4.78 is 5.54. The lowest BCUT2D eigenvalue weighted by molar-refractivity contribution is -0.142. The van der Waals surface area contributed by atoms with E-state index in [2.05, 4.69) is 5.32 Å². The maximum atomic E-state index is 12.1. The van der Waals surface area contributed by atoms with Crippen LogP contribution in [0.3, 0.4) is 0 Å². The molecule has 3 N–H and O–H groups in total. The highest BCUT2D eigenvalue weighted by Gasteiger charge is 2.29. The van der Waals surface area contributed by atoms with Crippen molar-refractivity contribution in [2.24, 2.45) is 5.92 Å². The Labute approximate surface area is 122 Å². The molecule has 1 aromatic carbocycles. The lowest BCUT2D eigenvalue weighted by atomic mass is 9.95. The first-order valence-electron chi connectivity index (χ1n) is 6.80. The first-order valence-corrected chi connectivity index (χ1v) is 6.80. The van der Waals surface area contributed by atoms with Gasteiger partial charge in [-0.2, -0.15) is 0 Å². The topological polar surface area (TPSA) is 95.9 Å². The van der Waals surface area contributed by atoms with Crippen LogP contribution in [0.4, 0.5) is 0 Å². The number of hydrogen-bond donors (Lipinski definition) is 3. The minimum atomic E-state index is -1.46. The molecule has 0 spiro atoms. The van der Waals surface area contributed by atoms with Crippen molar-refractivity contribution < 1.29 is 24.5 Å².